The molecule has 0 unspecified atom stereocenters. The van der Waals surface area contributed by atoms with Crippen molar-refractivity contribution < 1.29 is 14.3 Å². The number of amides is 2. The summed E-state index contributed by atoms with van der Waals surface area (Å²) in [6.45, 7) is 3.17. The highest BCUT2D eigenvalue weighted by Crippen LogP contribution is 2.38. The molecule has 0 aromatic carbocycles. The van der Waals surface area contributed by atoms with E-state index in [0.717, 1.165) is 58.4 Å². The second-order valence-corrected chi connectivity index (χ2v) is 6.85. The second-order valence-electron chi connectivity index (χ2n) is 6.85. The van der Waals surface area contributed by atoms with Crippen LogP contribution in [0, 0.1) is 5.92 Å². The molecule has 1 spiro atoms. The number of hydrogen-bond acceptors (Lipinski definition) is 3. The van der Waals surface area contributed by atoms with Crippen molar-refractivity contribution in [2.45, 2.75) is 50.5 Å². The smallest absolute Gasteiger partial charge is 0.222 e. The van der Waals surface area contributed by atoms with Crippen molar-refractivity contribution in [1.82, 2.24) is 9.80 Å². The molecule has 3 heterocycles. The number of piperidine rings is 1. The van der Waals surface area contributed by atoms with Crippen LogP contribution in [0.1, 0.15) is 44.9 Å². The number of carbonyl (C=O) groups is 2. The van der Waals surface area contributed by atoms with Crippen molar-refractivity contribution in [3.8, 4) is 0 Å². The Bertz CT molecular complexity index is 410. The van der Waals surface area contributed by atoms with Crippen LogP contribution in [0.3, 0.4) is 0 Å². The van der Waals surface area contributed by atoms with Gasteiger partial charge in [0, 0.05) is 51.7 Å². The highest BCUT2D eigenvalue weighted by Gasteiger charge is 2.45. The molecule has 21 heavy (non-hydrogen) atoms. The SMILES string of the molecule is CN1C(=O)CCC12CCN(C(=O)C[C@@H]1CCCOC1)CC2. The third-order valence-corrected chi connectivity index (χ3v) is 5.65. The van der Waals surface area contributed by atoms with Gasteiger partial charge in [0.25, 0.3) is 0 Å². The molecule has 3 fully saturated rings. The summed E-state index contributed by atoms with van der Waals surface area (Å²) in [6.07, 6.45) is 6.31. The van der Waals surface area contributed by atoms with Crippen molar-refractivity contribution in [2.75, 3.05) is 33.4 Å². The van der Waals surface area contributed by atoms with E-state index in [0.29, 0.717) is 18.8 Å². The summed E-state index contributed by atoms with van der Waals surface area (Å²) in [5.41, 5.74) is 0.0296. The number of rotatable bonds is 2. The summed E-state index contributed by atoms with van der Waals surface area (Å²) in [7, 11) is 1.92. The number of carbonyl (C=O) groups excluding carboxylic acids is 2. The summed E-state index contributed by atoms with van der Waals surface area (Å²) in [6, 6.07) is 0. The monoisotopic (exact) mass is 294 g/mol. The Morgan fingerprint density at radius 2 is 2.10 bits per heavy atom. The van der Waals surface area contributed by atoms with Crippen LogP contribution in [-0.2, 0) is 14.3 Å². The van der Waals surface area contributed by atoms with Crippen molar-refractivity contribution in [2.24, 2.45) is 5.92 Å². The zero-order valence-electron chi connectivity index (χ0n) is 13.0. The Balaban J connectivity index is 1.51. The normalized spacial score (nSPS) is 29.2. The van der Waals surface area contributed by atoms with E-state index in [-0.39, 0.29) is 17.4 Å². The lowest BCUT2D eigenvalue weighted by molar-refractivity contribution is -0.137. The largest absolute Gasteiger partial charge is 0.381 e. The van der Waals surface area contributed by atoms with Crippen LogP contribution in [0.4, 0.5) is 0 Å². The third kappa shape index (κ3) is 2.93. The molecule has 0 aliphatic carbocycles. The predicted octanol–water partition coefficient (Wildman–Crippen LogP) is 1.42. The summed E-state index contributed by atoms with van der Waals surface area (Å²) in [4.78, 5) is 28.1. The number of nitrogens with zero attached hydrogens (tertiary/aromatic N) is 2. The predicted molar refractivity (Wildman–Crippen MR) is 78.7 cm³/mol. The minimum atomic E-state index is 0.0296. The lowest BCUT2D eigenvalue weighted by atomic mass is 9.85. The lowest BCUT2D eigenvalue weighted by Gasteiger charge is -2.43. The van der Waals surface area contributed by atoms with Gasteiger partial charge in [-0.3, -0.25) is 9.59 Å². The van der Waals surface area contributed by atoms with Crippen molar-refractivity contribution in [3.05, 3.63) is 0 Å². The highest BCUT2D eigenvalue weighted by molar-refractivity contribution is 5.80. The van der Waals surface area contributed by atoms with Gasteiger partial charge in [0.1, 0.15) is 0 Å². The van der Waals surface area contributed by atoms with Gasteiger partial charge in [-0.25, -0.2) is 0 Å². The van der Waals surface area contributed by atoms with Gasteiger partial charge in [0.2, 0.25) is 11.8 Å². The van der Waals surface area contributed by atoms with Gasteiger partial charge in [-0.1, -0.05) is 0 Å². The fourth-order valence-corrected chi connectivity index (χ4v) is 4.04. The molecule has 5 nitrogen and oxygen atoms in total. The fraction of sp³-hybridized carbons (Fsp3) is 0.875. The van der Waals surface area contributed by atoms with Crippen LogP contribution in [0.25, 0.3) is 0 Å². The highest BCUT2D eigenvalue weighted by atomic mass is 16.5. The minimum Gasteiger partial charge on any atom is -0.381 e. The summed E-state index contributed by atoms with van der Waals surface area (Å²) < 4.78 is 5.46. The molecule has 3 saturated heterocycles. The van der Waals surface area contributed by atoms with E-state index in [1.807, 2.05) is 16.8 Å². The van der Waals surface area contributed by atoms with Crippen molar-refractivity contribution in [1.29, 1.82) is 0 Å². The standard InChI is InChI=1S/C16H26N2O3/c1-17-14(19)4-5-16(17)6-8-18(9-7-16)15(20)11-13-3-2-10-21-12-13/h13H,2-12H2,1H3/t13-/m0/s1. The first-order chi connectivity index (χ1) is 10.1. The van der Waals surface area contributed by atoms with Gasteiger partial charge in [0.15, 0.2) is 0 Å². The van der Waals surface area contributed by atoms with Crippen LogP contribution in [0.5, 0.6) is 0 Å². The van der Waals surface area contributed by atoms with Crippen LogP contribution in [-0.4, -0.2) is 60.5 Å². The van der Waals surface area contributed by atoms with Crippen molar-refractivity contribution in [3.63, 3.8) is 0 Å². The lowest BCUT2D eigenvalue weighted by Crippen LogP contribution is -2.53. The first-order valence-electron chi connectivity index (χ1n) is 8.23. The topological polar surface area (TPSA) is 49.9 Å². The Kier molecular flexibility index (Phi) is 4.20. The van der Waals surface area contributed by atoms with Gasteiger partial charge >= 0.3 is 0 Å². The summed E-state index contributed by atoms with van der Waals surface area (Å²) in [5, 5.41) is 0. The number of ether oxygens (including phenoxy) is 1. The molecule has 5 heteroatoms. The van der Waals surface area contributed by atoms with E-state index in [9.17, 15) is 9.59 Å². The van der Waals surface area contributed by atoms with Crippen LogP contribution >= 0.6 is 0 Å². The van der Waals surface area contributed by atoms with Crippen LogP contribution < -0.4 is 0 Å². The number of likely N-dealkylation sites (tertiary alicyclic amines) is 2. The third-order valence-electron chi connectivity index (χ3n) is 5.65. The number of hydrogen-bond donors (Lipinski definition) is 0. The van der Waals surface area contributed by atoms with E-state index in [2.05, 4.69) is 0 Å². The maximum atomic E-state index is 12.4. The average Bonchev–Trinajstić information content (AvgIpc) is 2.78. The molecule has 0 aromatic heterocycles. The van der Waals surface area contributed by atoms with Gasteiger partial charge < -0.3 is 14.5 Å². The van der Waals surface area contributed by atoms with Crippen molar-refractivity contribution >= 4 is 11.8 Å². The fourth-order valence-electron chi connectivity index (χ4n) is 4.04. The summed E-state index contributed by atoms with van der Waals surface area (Å²) >= 11 is 0. The first-order valence-corrected chi connectivity index (χ1v) is 8.23. The zero-order chi connectivity index (χ0) is 14.9. The molecule has 0 saturated carbocycles. The Hall–Kier alpha value is -1.10. The molecule has 1 atom stereocenters. The molecule has 3 rings (SSSR count). The Labute approximate surface area is 126 Å². The van der Waals surface area contributed by atoms with Gasteiger partial charge in [-0.15, -0.1) is 0 Å². The first kappa shape index (κ1) is 14.8. The molecule has 3 aliphatic rings. The minimum absolute atomic E-state index is 0.0296. The molecule has 3 aliphatic heterocycles. The summed E-state index contributed by atoms with van der Waals surface area (Å²) in [5.74, 6) is 0.930. The van der Waals surface area contributed by atoms with E-state index < -0.39 is 0 Å². The molecule has 0 bridgehead atoms. The van der Waals surface area contributed by atoms with Gasteiger partial charge in [-0.2, -0.15) is 0 Å². The van der Waals surface area contributed by atoms with Gasteiger partial charge in [0.05, 0.1) is 0 Å². The van der Waals surface area contributed by atoms with Crippen LogP contribution in [0.2, 0.25) is 0 Å². The maximum absolute atomic E-state index is 12.4. The molecular weight excluding hydrogens is 268 g/mol. The molecule has 2 amide bonds. The zero-order valence-corrected chi connectivity index (χ0v) is 13.0. The van der Waals surface area contributed by atoms with E-state index in [1.165, 1.54) is 0 Å². The van der Waals surface area contributed by atoms with E-state index in [1.54, 1.807) is 0 Å². The molecular formula is C16H26N2O3. The average molecular weight is 294 g/mol. The molecule has 0 aromatic rings. The Morgan fingerprint density at radius 3 is 2.67 bits per heavy atom. The van der Waals surface area contributed by atoms with E-state index in [4.69, 9.17) is 4.74 Å². The molecule has 0 N–H and O–H groups in total. The molecule has 118 valence electrons. The van der Waals surface area contributed by atoms with Crippen LogP contribution in [0.15, 0.2) is 0 Å². The molecule has 0 radical (unpaired) electrons. The maximum Gasteiger partial charge on any atom is 0.222 e. The second kappa shape index (κ2) is 5.95. The van der Waals surface area contributed by atoms with Gasteiger partial charge in [-0.05, 0) is 38.0 Å². The van der Waals surface area contributed by atoms with E-state index >= 15 is 0 Å². The quantitative estimate of drug-likeness (QED) is 0.774. The Morgan fingerprint density at radius 1 is 1.33 bits per heavy atom.